The Hall–Kier alpha value is -2.63. The predicted octanol–water partition coefficient (Wildman–Crippen LogP) is 1.65. The first-order valence-electron chi connectivity index (χ1n) is 7.42. The number of nitrogens with one attached hydrogen (secondary N) is 1. The summed E-state index contributed by atoms with van der Waals surface area (Å²) in [7, 11) is 3.20. The van der Waals surface area contributed by atoms with E-state index in [1.165, 1.54) is 12.3 Å². The molecule has 0 aromatic heterocycles. The molecule has 2 aliphatic rings. The SMILES string of the molecule is COc1cc2c(cc1OC)C(=CC(=O)C1=COCCO1)NCC2. The number of hydrogen-bond acceptors (Lipinski definition) is 6. The number of methoxy groups -OCH3 is 2. The van der Waals surface area contributed by atoms with Crippen LogP contribution in [-0.2, 0) is 20.7 Å². The second kappa shape index (κ2) is 6.64. The number of ketones is 1. The quantitative estimate of drug-likeness (QED) is 0.852. The fraction of sp³-hybridized carbons (Fsp3) is 0.353. The molecule has 0 fully saturated rings. The Bertz CT molecular complexity index is 678. The normalized spacial score (nSPS) is 18.0. The van der Waals surface area contributed by atoms with Crippen LogP contribution in [0.3, 0.4) is 0 Å². The van der Waals surface area contributed by atoms with E-state index in [0.29, 0.717) is 24.7 Å². The number of carbonyl (C=O) groups excluding carboxylic acids is 1. The van der Waals surface area contributed by atoms with E-state index < -0.39 is 0 Å². The molecule has 2 heterocycles. The molecule has 1 N–H and O–H groups in total. The molecule has 3 rings (SSSR count). The van der Waals surface area contributed by atoms with Gasteiger partial charge in [-0.15, -0.1) is 0 Å². The van der Waals surface area contributed by atoms with Gasteiger partial charge in [0.2, 0.25) is 11.5 Å². The molecule has 1 aromatic rings. The van der Waals surface area contributed by atoms with Crippen LogP contribution in [0.15, 0.2) is 30.2 Å². The van der Waals surface area contributed by atoms with Crippen LogP contribution < -0.4 is 14.8 Å². The fourth-order valence-electron chi connectivity index (χ4n) is 2.63. The van der Waals surface area contributed by atoms with Gasteiger partial charge in [0.1, 0.15) is 19.5 Å². The fourth-order valence-corrected chi connectivity index (χ4v) is 2.63. The molecule has 0 radical (unpaired) electrons. The Morgan fingerprint density at radius 2 is 2.00 bits per heavy atom. The van der Waals surface area contributed by atoms with Crippen LogP contribution >= 0.6 is 0 Å². The summed E-state index contributed by atoms with van der Waals surface area (Å²) in [6.45, 7) is 1.60. The van der Waals surface area contributed by atoms with E-state index in [1.807, 2.05) is 12.1 Å². The Morgan fingerprint density at radius 1 is 1.22 bits per heavy atom. The summed E-state index contributed by atoms with van der Waals surface area (Å²) in [6, 6.07) is 3.83. The van der Waals surface area contributed by atoms with E-state index in [2.05, 4.69) is 5.32 Å². The van der Waals surface area contributed by atoms with Gasteiger partial charge in [-0.05, 0) is 24.1 Å². The van der Waals surface area contributed by atoms with Gasteiger partial charge in [-0.25, -0.2) is 0 Å². The zero-order chi connectivity index (χ0) is 16.2. The Morgan fingerprint density at radius 3 is 2.70 bits per heavy atom. The standard InChI is InChI=1S/C17H19NO5/c1-20-15-7-11-3-4-18-13(12(11)8-16(15)21-2)9-14(19)17-10-22-5-6-23-17/h7-10,18H,3-6H2,1-2H3. The molecule has 0 spiro atoms. The lowest BCUT2D eigenvalue weighted by Crippen LogP contribution is -2.24. The number of hydrogen-bond donors (Lipinski definition) is 1. The van der Waals surface area contributed by atoms with Gasteiger partial charge in [0.15, 0.2) is 11.5 Å². The van der Waals surface area contributed by atoms with Crippen molar-refractivity contribution in [3.63, 3.8) is 0 Å². The Kier molecular flexibility index (Phi) is 4.41. The van der Waals surface area contributed by atoms with Crippen LogP contribution in [0.2, 0.25) is 0 Å². The molecule has 0 saturated carbocycles. The van der Waals surface area contributed by atoms with E-state index in [-0.39, 0.29) is 11.5 Å². The van der Waals surface area contributed by atoms with Crippen molar-refractivity contribution in [1.29, 1.82) is 0 Å². The summed E-state index contributed by atoms with van der Waals surface area (Å²) < 4.78 is 21.1. The lowest BCUT2D eigenvalue weighted by atomic mass is 9.96. The van der Waals surface area contributed by atoms with Crippen molar-refractivity contribution in [2.45, 2.75) is 6.42 Å². The van der Waals surface area contributed by atoms with Gasteiger partial charge in [-0.3, -0.25) is 4.79 Å². The number of ether oxygens (including phenoxy) is 4. The summed E-state index contributed by atoms with van der Waals surface area (Å²) >= 11 is 0. The first-order valence-corrected chi connectivity index (χ1v) is 7.42. The first kappa shape index (κ1) is 15.3. The van der Waals surface area contributed by atoms with Gasteiger partial charge >= 0.3 is 0 Å². The largest absolute Gasteiger partial charge is 0.494 e. The second-order valence-corrected chi connectivity index (χ2v) is 5.16. The van der Waals surface area contributed by atoms with E-state index in [4.69, 9.17) is 18.9 Å². The molecule has 23 heavy (non-hydrogen) atoms. The third-order valence-electron chi connectivity index (χ3n) is 3.78. The van der Waals surface area contributed by atoms with Crippen LogP contribution in [0.1, 0.15) is 11.1 Å². The van der Waals surface area contributed by atoms with Crippen molar-refractivity contribution in [3.05, 3.63) is 41.4 Å². The zero-order valence-corrected chi connectivity index (χ0v) is 13.2. The van der Waals surface area contributed by atoms with Crippen molar-refractivity contribution >= 4 is 11.5 Å². The molecule has 2 aliphatic heterocycles. The van der Waals surface area contributed by atoms with Crippen molar-refractivity contribution in [1.82, 2.24) is 5.32 Å². The zero-order valence-electron chi connectivity index (χ0n) is 13.2. The summed E-state index contributed by atoms with van der Waals surface area (Å²) in [5.41, 5.74) is 2.78. The topological polar surface area (TPSA) is 66.0 Å². The van der Waals surface area contributed by atoms with E-state index >= 15 is 0 Å². The van der Waals surface area contributed by atoms with Crippen molar-refractivity contribution in [2.75, 3.05) is 34.0 Å². The van der Waals surface area contributed by atoms with Crippen molar-refractivity contribution in [3.8, 4) is 11.5 Å². The maximum Gasteiger partial charge on any atom is 0.225 e. The smallest absolute Gasteiger partial charge is 0.225 e. The lowest BCUT2D eigenvalue weighted by molar-refractivity contribution is -0.115. The van der Waals surface area contributed by atoms with Crippen LogP contribution in [0.4, 0.5) is 0 Å². The average molecular weight is 317 g/mol. The third kappa shape index (κ3) is 3.11. The number of allylic oxidation sites excluding steroid dienone is 1. The van der Waals surface area contributed by atoms with Crippen LogP contribution in [-0.4, -0.2) is 39.8 Å². The molecule has 0 bridgehead atoms. The maximum absolute atomic E-state index is 12.3. The van der Waals surface area contributed by atoms with Gasteiger partial charge in [-0.1, -0.05) is 0 Å². The summed E-state index contributed by atoms with van der Waals surface area (Å²) in [5.74, 6) is 1.31. The highest BCUT2D eigenvalue weighted by Crippen LogP contribution is 2.34. The molecule has 122 valence electrons. The molecule has 0 aliphatic carbocycles. The summed E-state index contributed by atoms with van der Waals surface area (Å²) in [5, 5.41) is 3.25. The van der Waals surface area contributed by atoms with E-state index in [0.717, 1.165) is 29.8 Å². The van der Waals surface area contributed by atoms with Gasteiger partial charge in [0.05, 0.1) is 14.2 Å². The third-order valence-corrected chi connectivity index (χ3v) is 3.78. The summed E-state index contributed by atoms with van der Waals surface area (Å²) in [4.78, 5) is 12.3. The highest BCUT2D eigenvalue weighted by atomic mass is 16.6. The number of carbonyl (C=O) groups is 1. The minimum atomic E-state index is -0.227. The molecule has 6 heteroatoms. The number of rotatable bonds is 4. The van der Waals surface area contributed by atoms with E-state index in [9.17, 15) is 4.79 Å². The highest BCUT2D eigenvalue weighted by molar-refractivity contribution is 6.06. The molecule has 6 nitrogen and oxygen atoms in total. The first-order chi connectivity index (χ1) is 11.2. The number of fused-ring (bicyclic) bond motifs is 1. The number of benzene rings is 1. The molecular weight excluding hydrogens is 298 g/mol. The van der Waals surface area contributed by atoms with E-state index in [1.54, 1.807) is 14.2 Å². The van der Waals surface area contributed by atoms with Crippen LogP contribution in [0.25, 0.3) is 5.70 Å². The van der Waals surface area contributed by atoms with Crippen LogP contribution in [0, 0.1) is 0 Å². The molecule has 0 amide bonds. The van der Waals surface area contributed by atoms with Crippen LogP contribution in [0.5, 0.6) is 11.5 Å². The minimum absolute atomic E-state index is 0.221. The van der Waals surface area contributed by atoms with Gasteiger partial charge in [-0.2, -0.15) is 0 Å². The average Bonchev–Trinajstić information content (AvgIpc) is 2.61. The monoisotopic (exact) mass is 317 g/mol. The summed E-state index contributed by atoms with van der Waals surface area (Å²) in [6.07, 6.45) is 3.75. The molecule has 1 aromatic carbocycles. The second-order valence-electron chi connectivity index (χ2n) is 5.16. The van der Waals surface area contributed by atoms with Gasteiger partial charge in [0, 0.05) is 23.9 Å². The molecule has 0 atom stereocenters. The van der Waals surface area contributed by atoms with Gasteiger partial charge < -0.3 is 24.3 Å². The Balaban J connectivity index is 1.95. The lowest BCUT2D eigenvalue weighted by Gasteiger charge is -2.23. The minimum Gasteiger partial charge on any atom is -0.494 e. The maximum atomic E-state index is 12.3. The molecule has 0 unspecified atom stereocenters. The van der Waals surface area contributed by atoms with Crippen molar-refractivity contribution in [2.24, 2.45) is 0 Å². The Labute approximate surface area is 134 Å². The predicted molar refractivity (Wildman–Crippen MR) is 84.2 cm³/mol. The molecule has 0 saturated heterocycles. The highest BCUT2D eigenvalue weighted by Gasteiger charge is 2.20. The molecular formula is C17H19NO5. The van der Waals surface area contributed by atoms with Crippen molar-refractivity contribution < 1.29 is 23.7 Å². The van der Waals surface area contributed by atoms with Gasteiger partial charge in [0.25, 0.3) is 0 Å².